The van der Waals surface area contributed by atoms with Gasteiger partial charge in [0, 0.05) is 16.8 Å². The van der Waals surface area contributed by atoms with Crippen LogP contribution in [0.3, 0.4) is 0 Å². The number of nitrogens with one attached hydrogen (secondary N) is 1. The van der Waals surface area contributed by atoms with Gasteiger partial charge in [0.05, 0.1) is 17.0 Å². The van der Waals surface area contributed by atoms with Gasteiger partial charge >= 0.3 is 11.9 Å². The van der Waals surface area contributed by atoms with Gasteiger partial charge in [-0.3, -0.25) is 9.59 Å². The number of rotatable bonds is 6. The molecule has 4 aromatic rings. The Kier molecular flexibility index (Phi) is 5.77. The summed E-state index contributed by atoms with van der Waals surface area (Å²) < 4.78 is 4.59. The molecule has 35 heavy (non-hydrogen) atoms. The quantitative estimate of drug-likeness (QED) is 0.248. The molecule has 0 fully saturated rings. The van der Waals surface area contributed by atoms with E-state index in [1.165, 1.54) is 18.2 Å². The number of carbonyl (C=O) groups excluding carboxylic acids is 4. The molecule has 0 saturated carbocycles. The van der Waals surface area contributed by atoms with Crippen molar-refractivity contribution in [3.63, 3.8) is 0 Å². The molecular formula is C29H19NO5. The van der Waals surface area contributed by atoms with Crippen molar-refractivity contribution >= 4 is 29.3 Å². The molecule has 1 heterocycles. The van der Waals surface area contributed by atoms with E-state index < -0.39 is 17.9 Å². The largest absolute Gasteiger partial charge is 0.386 e. The first kappa shape index (κ1) is 22.0. The summed E-state index contributed by atoms with van der Waals surface area (Å²) in [5.74, 6) is -2.60. The number of anilines is 1. The van der Waals surface area contributed by atoms with Crippen LogP contribution in [0.15, 0.2) is 103 Å². The molecule has 0 radical (unpaired) electrons. The van der Waals surface area contributed by atoms with Crippen molar-refractivity contribution in [1.82, 2.24) is 0 Å². The van der Waals surface area contributed by atoms with E-state index in [0.29, 0.717) is 11.3 Å². The monoisotopic (exact) mass is 461 g/mol. The molecule has 4 aromatic carbocycles. The van der Waals surface area contributed by atoms with Crippen molar-refractivity contribution < 1.29 is 23.9 Å². The van der Waals surface area contributed by atoms with Crippen LogP contribution in [0.5, 0.6) is 0 Å². The fourth-order valence-corrected chi connectivity index (χ4v) is 4.13. The van der Waals surface area contributed by atoms with E-state index in [1.807, 2.05) is 60.7 Å². The second kappa shape index (κ2) is 9.19. The Labute approximate surface area is 201 Å². The number of ketones is 1. The van der Waals surface area contributed by atoms with Gasteiger partial charge in [0.25, 0.3) is 0 Å². The number of fused-ring (bicyclic) bond motifs is 1. The second-order valence-electron chi connectivity index (χ2n) is 8.09. The summed E-state index contributed by atoms with van der Waals surface area (Å²) >= 11 is 0. The molecule has 170 valence electrons. The molecule has 1 N–H and O–H groups in total. The maximum absolute atomic E-state index is 13.4. The fourth-order valence-electron chi connectivity index (χ4n) is 4.13. The Hall–Kier alpha value is -4.84. The topological polar surface area (TPSA) is 89.5 Å². The highest BCUT2D eigenvalue weighted by Gasteiger charge is 2.30. The molecule has 0 aromatic heterocycles. The van der Waals surface area contributed by atoms with E-state index in [9.17, 15) is 19.2 Å². The molecule has 5 rings (SSSR count). The molecule has 0 saturated heterocycles. The maximum Gasteiger partial charge on any atom is 0.346 e. The summed E-state index contributed by atoms with van der Waals surface area (Å²) in [6.45, 7) is 0. The van der Waals surface area contributed by atoms with Crippen LogP contribution in [0.2, 0.25) is 0 Å². The molecule has 1 aliphatic heterocycles. The van der Waals surface area contributed by atoms with Crippen LogP contribution >= 0.6 is 0 Å². The molecule has 1 aliphatic rings. The molecule has 6 nitrogen and oxygen atoms in total. The van der Waals surface area contributed by atoms with E-state index in [0.717, 1.165) is 11.1 Å². The molecule has 0 aliphatic carbocycles. The van der Waals surface area contributed by atoms with Gasteiger partial charge in [-0.1, -0.05) is 78.9 Å². The van der Waals surface area contributed by atoms with Crippen LogP contribution in [0.1, 0.15) is 53.7 Å². The Morgan fingerprint density at radius 2 is 1.23 bits per heavy atom. The van der Waals surface area contributed by atoms with Crippen LogP contribution in [-0.4, -0.2) is 23.6 Å². The van der Waals surface area contributed by atoms with E-state index in [2.05, 4.69) is 10.1 Å². The highest BCUT2D eigenvalue weighted by atomic mass is 16.6. The minimum absolute atomic E-state index is 0.0684. The normalized spacial score (nSPS) is 12.3. The number of ether oxygens (including phenoxy) is 1. The predicted molar refractivity (Wildman–Crippen MR) is 129 cm³/mol. The van der Waals surface area contributed by atoms with Gasteiger partial charge in [-0.15, -0.1) is 0 Å². The van der Waals surface area contributed by atoms with Crippen LogP contribution in [0, 0.1) is 0 Å². The van der Waals surface area contributed by atoms with Crippen LogP contribution < -0.4 is 5.32 Å². The van der Waals surface area contributed by atoms with Crippen molar-refractivity contribution in [1.29, 1.82) is 0 Å². The lowest BCUT2D eigenvalue weighted by Crippen LogP contribution is -2.22. The van der Waals surface area contributed by atoms with Gasteiger partial charge in [0.2, 0.25) is 5.91 Å². The molecule has 6 heteroatoms. The van der Waals surface area contributed by atoms with Crippen LogP contribution in [0.25, 0.3) is 0 Å². The lowest BCUT2D eigenvalue weighted by molar-refractivity contribution is -0.116. The third-order valence-corrected chi connectivity index (χ3v) is 5.83. The molecule has 0 bridgehead atoms. The Bertz CT molecular complexity index is 1420. The number of cyclic esters (lactones) is 2. The van der Waals surface area contributed by atoms with E-state index >= 15 is 0 Å². The van der Waals surface area contributed by atoms with Crippen molar-refractivity contribution in [2.75, 3.05) is 5.32 Å². The minimum Gasteiger partial charge on any atom is -0.386 e. The van der Waals surface area contributed by atoms with Crippen molar-refractivity contribution in [3.05, 3.63) is 137 Å². The first-order valence-electron chi connectivity index (χ1n) is 11.0. The SMILES string of the molecule is O=C(c1cccc(NC(=O)C(c2ccccc2)c2ccccc2)c1)c1ccc2c(c1)C(=O)OC2=O. The number of amides is 1. The Morgan fingerprint density at radius 3 is 1.89 bits per heavy atom. The minimum atomic E-state index is -0.770. The highest BCUT2D eigenvalue weighted by Crippen LogP contribution is 2.27. The summed E-state index contributed by atoms with van der Waals surface area (Å²) in [6, 6.07) is 29.8. The molecular weight excluding hydrogens is 442 g/mol. The number of carbonyl (C=O) groups is 4. The van der Waals surface area contributed by atoms with E-state index in [1.54, 1.807) is 24.3 Å². The first-order valence-corrected chi connectivity index (χ1v) is 11.0. The predicted octanol–water partition coefficient (Wildman–Crippen LogP) is 5.00. The average molecular weight is 461 g/mol. The van der Waals surface area contributed by atoms with E-state index in [4.69, 9.17) is 0 Å². The zero-order chi connectivity index (χ0) is 24.4. The lowest BCUT2D eigenvalue weighted by Gasteiger charge is -2.18. The average Bonchev–Trinajstić information content (AvgIpc) is 3.17. The van der Waals surface area contributed by atoms with Gasteiger partial charge in [0.1, 0.15) is 0 Å². The smallest absolute Gasteiger partial charge is 0.346 e. The highest BCUT2D eigenvalue weighted by molar-refractivity contribution is 6.17. The summed E-state index contributed by atoms with van der Waals surface area (Å²) in [5.41, 5.74) is 2.94. The summed E-state index contributed by atoms with van der Waals surface area (Å²) in [4.78, 5) is 50.0. The molecule has 1 amide bonds. The standard InChI is InChI=1S/C29H19NO5/c31-26(21-14-15-23-24(17-21)29(34)35-28(23)33)20-12-7-13-22(16-20)30-27(32)25(18-8-3-1-4-9-18)19-10-5-2-6-11-19/h1-17,25H,(H,30,32). The van der Waals surface area contributed by atoms with Gasteiger partial charge in [0.15, 0.2) is 5.78 Å². The van der Waals surface area contributed by atoms with Gasteiger partial charge < -0.3 is 10.1 Å². The van der Waals surface area contributed by atoms with Crippen LogP contribution in [-0.2, 0) is 9.53 Å². The van der Waals surface area contributed by atoms with Crippen LogP contribution in [0.4, 0.5) is 5.69 Å². The molecule has 0 unspecified atom stereocenters. The first-order chi connectivity index (χ1) is 17.0. The number of esters is 2. The van der Waals surface area contributed by atoms with Crippen molar-refractivity contribution in [2.45, 2.75) is 5.92 Å². The summed E-state index contributed by atoms with van der Waals surface area (Å²) in [5, 5.41) is 2.93. The third-order valence-electron chi connectivity index (χ3n) is 5.83. The van der Waals surface area contributed by atoms with Gasteiger partial charge in [-0.2, -0.15) is 0 Å². The number of hydrogen-bond donors (Lipinski definition) is 1. The molecule has 0 spiro atoms. The Balaban J connectivity index is 1.41. The van der Waals surface area contributed by atoms with Gasteiger partial charge in [-0.05, 0) is 35.4 Å². The number of hydrogen-bond acceptors (Lipinski definition) is 5. The lowest BCUT2D eigenvalue weighted by atomic mass is 9.90. The zero-order valence-corrected chi connectivity index (χ0v) is 18.4. The van der Waals surface area contributed by atoms with Gasteiger partial charge in [-0.25, -0.2) is 9.59 Å². The second-order valence-corrected chi connectivity index (χ2v) is 8.09. The fraction of sp³-hybridized carbons (Fsp3) is 0.0345. The van der Waals surface area contributed by atoms with Crippen molar-refractivity contribution in [2.24, 2.45) is 0 Å². The summed E-state index contributed by atoms with van der Waals surface area (Å²) in [7, 11) is 0. The number of benzene rings is 4. The van der Waals surface area contributed by atoms with Crippen molar-refractivity contribution in [3.8, 4) is 0 Å². The maximum atomic E-state index is 13.4. The summed E-state index contributed by atoms with van der Waals surface area (Å²) in [6.07, 6.45) is 0. The third kappa shape index (κ3) is 4.37. The van der Waals surface area contributed by atoms with E-state index in [-0.39, 0.29) is 28.4 Å². The molecule has 0 atom stereocenters. The zero-order valence-electron chi connectivity index (χ0n) is 18.4. The Morgan fingerprint density at radius 1 is 0.629 bits per heavy atom.